The van der Waals surface area contributed by atoms with E-state index in [1.165, 1.54) is 44.9 Å². The first kappa shape index (κ1) is 23.4. The second kappa shape index (κ2) is 11.2. The van der Waals surface area contributed by atoms with Crippen molar-refractivity contribution in [2.75, 3.05) is 0 Å². The molecule has 1 fully saturated rings. The van der Waals surface area contributed by atoms with Crippen LogP contribution in [0.1, 0.15) is 65.7 Å². The molecule has 1 aliphatic rings. The van der Waals surface area contributed by atoms with Crippen molar-refractivity contribution in [3.05, 3.63) is 12.7 Å². The van der Waals surface area contributed by atoms with Crippen molar-refractivity contribution in [1.82, 2.24) is 0 Å². The molecular formula is C23H44SiSn. The predicted octanol–water partition coefficient (Wildman–Crippen LogP) is 7.91. The Balaban J connectivity index is 3.08. The van der Waals surface area contributed by atoms with E-state index in [0.717, 1.165) is 15.8 Å². The molecular weight excluding hydrogens is 423 g/mol. The number of hydrogen-bond acceptors (Lipinski definition) is 0. The van der Waals surface area contributed by atoms with Crippen LogP contribution in [-0.4, -0.2) is 26.5 Å². The second-order valence-corrected chi connectivity index (χ2v) is 28.1. The van der Waals surface area contributed by atoms with Gasteiger partial charge in [0.05, 0.1) is 0 Å². The monoisotopic (exact) mass is 468 g/mol. The molecule has 0 saturated heterocycles. The van der Waals surface area contributed by atoms with Crippen LogP contribution in [0.25, 0.3) is 0 Å². The molecule has 1 aliphatic carbocycles. The van der Waals surface area contributed by atoms with Gasteiger partial charge < -0.3 is 0 Å². The van der Waals surface area contributed by atoms with Crippen LogP contribution in [0.4, 0.5) is 0 Å². The molecule has 0 nitrogen and oxygen atoms in total. The van der Waals surface area contributed by atoms with E-state index in [9.17, 15) is 0 Å². The quantitative estimate of drug-likeness (QED) is 0.155. The van der Waals surface area contributed by atoms with E-state index in [2.05, 4.69) is 64.5 Å². The summed E-state index contributed by atoms with van der Waals surface area (Å²) in [7, 11) is -1.26. The van der Waals surface area contributed by atoms with E-state index < -0.39 is 26.5 Å². The Hall–Kier alpha value is 0.316. The van der Waals surface area contributed by atoms with Gasteiger partial charge in [0.2, 0.25) is 0 Å². The first-order valence-corrected chi connectivity index (χ1v) is 22.2. The molecule has 0 radical (unpaired) electrons. The molecule has 0 N–H and O–H groups in total. The molecule has 3 atom stereocenters. The average Bonchev–Trinajstić information content (AvgIpc) is 3.26. The molecule has 144 valence electrons. The van der Waals surface area contributed by atoms with Gasteiger partial charge in [-0.05, 0) is 0 Å². The fourth-order valence-corrected chi connectivity index (χ4v) is 25.7. The molecule has 2 heteroatoms. The van der Waals surface area contributed by atoms with E-state index in [4.69, 9.17) is 0 Å². The van der Waals surface area contributed by atoms with E-state index in [-0.39, 0.29) is 0 Å². The third-order valence-electron chi connectivity index (χ3n) is 6.01. The van der Waals surface area contributed by atoms with E-state index in [0.29, 0.717) is 0 Å². The summed E-state index contributed by atoms with van der Waals surface area (Å²) in [6, 6.07) is 0. The van der Waals surface area contributed by atoms with Crippen LogP contribution in [0, 0.1) is 23.3 Å². The number of rotatable bonds is 12. The van der Waals surface area contributed by atoms with Gasteiger partial charge in [0, 0.05) is 0 Å². The molecule has 0 aromatic heterocycles. The van der Waals surface area contributed by atoms with Gasteiger partial charge in [-0.2, -0.15) is 0 Å². The fourth-order valence-electron chi connectivity index (χ4n) is 4.65. The Bertz CT molecular complexity index is 429. The first-order chi connectivity index (χ1) is 11.8. The molecule has 0 unspecified atom stereocenters. The average molecular weight is 467 g/mol. The van der Waals surface area contributed by atoms with Crippen molar-refractivity contribution >= 4 is 26.5 Å². The van der Waals surface area contributed by atoms with E-state index in [1.807, 2.05) is 0 Å². The molecule has 1 rings (SSSR count). The van der Waals surface area contributed by atoms with Crippen LogP contribution in [0.2, 0.25) is 36.9 Å². The van der Waals surface area contributed by atoms with Gasteiger partial charge in [0.25, 0.3) is 0 Å². The molecule has 0 aromatic carbocycles. The normalized spacial score (nSPS) is 23.0. The van der Waals surface area contributed by atoms with Crippen molar-refractivity contribution in [3.8, 4) is 11.5 Å². The molecule has 1 saturated carbocycles. The predicted molar refractivity (Wildman–Crippen MR) is 122 cm³/mol. The standard InChI is InChI=1S/C11H17Si.3C4H9.Sn/c1-5-6-10-9-11(10)7-8-12(2,3)4;3*1-3-4-2;/h5,9-11H,1,6H2,2-4H3;3*1,3-4H2,2H3;/t10-,11-;;;;/m1..../s1. The van der Waals surface area contributed by atoms with Gasteiger partial charge in [-0.15, -0.1) is 0 Å². The topological polar surface area (TPSA) is 0 Å². The Labute approximate surface area is 164 Å². The molecule has 0 aliphatic heterocycles. The van der Waals surface area contributed by atoms with Crippen molar-refractivity contribution < 1.29 is 0 Å². The Morgan fingerprint density at radius 1 is 0.920 bits per heavy atom. The number of allylic oxidation sites excluding steroid dienone is 1. The van der Waals surface area contributed by atoms with Crippen LogP contribution in [0.3, 0.4) is 0 Å². The summed E-state index contributed by atoms with van der Waals surface area (Å²) in [6.07, 6.45) is 12.0. The van der Waals surface area contributed by atoms with Crippen LogP contribution < -0.4 is 0 Å². The van der Waals surface area contributed by atoms with Crippen LogP contribution >= 0.6 is 0 Å². The van der Waals surface area contributed by atoms with Gasteiger partial charge >= 0.3 is 165 Å². The number of unbranched alkanes of at least 4 members (excludes halogenated alkanes) is 3. The van der Waals surface area contributed by atoms with Crippen molar-refractivity contribution in [1.29, 1.82) is 0 Å². The number of hydrogen-bond donors (Lipinski definition) is 0. The minimum absolute atomic E-state index is 0.742. The third-order valence-corrected chi connectivity index (χ3v) is 24.7. The van der Waals surface area contributed by atoms with E-state index in [1.54, 1.807) is 13.3 Å². The SMILES string of the molecule is C=CC[C@H]1[C@H](C#C[Si](C)(C)C)[C@H]1[Sn]([CH2]CCC)([CH2]CCC)[CH2]CCC. The molecule has 25 heavy (non-hydrogen) atoms. The van der Waals surface area contributed by atoms with Gasteiger partial charge in [-0.25, -0.2) is 0 Å². The maximum absolute atomic E-state index is 4.07. The zero-order valence-electron chi connectivity index (χ0n) is 18.1. The van der Waals surface area contributed by atoms with Gasteiger partial charge in [0.1, 0.15) is 0 Å². The summed E-state index contributed by atoms with van der Waals surface area (Å²) in [5.41, 5.74) is 3.73. The summed E-state index contributed by atoms with van der Waals surface area (Å²) in [6.45, 7) is 18.4. The van der Waals surface area contributed by atoms with Crippen LogP contribution in [0.15, 0.2) is 12.7 Å². The third kappa shape index (κ3) is 7.45. The fraction of sp³-hybridized carbons (Fsp3) is 0.826. The summed E-state index contributed by atoms with van der Waals surface area (Å²) in [5.74, 6) is 5.45. The molecule has 0 bridgehead atoms. The summed E-state index contributed by atoms with van der Waals surface area (Å²) in [4.78, 5) is 0. The van der Waals surface area contributed by atoms with Gasteiger partial charge in [0.15, 0.2) is 0 Å². The first-order valence-electron chi connectivity index (χ1n) is 11.0. The molecule has 0 heterocycles. The molecule has 0 spiro atoms. The van der Waals surface area contributed by atoms with Crippen LogP contribution in [-0.2, 0) is 0 Å². The summed E-state index contributed by atoms with van der Waals surface area (Å²) < 4.78 is 5.94. The Morgan fingerprint density at radius 2 is 1.40 bits per heavy atom. The summed E-state index contributed by atoms with van der Waals surface area (Å²) in [5, 5.41) is 0. The van der Waals surface area contributed by atoms with Gasteiger partial charge in [-0.1, -0.05) is 0 Å². The Morgan fingerprint density at radius 3 is 1.76 bits per heavy atom. The van der Waals surface area contributed by atoms with Crippen molar-refractivity contribution in [2.45, 2.75) is 103 Å². The minimum atomic E-state index is -2.13. The maximum atomic E-state index is 4.07. The molecule has 0 amide bonds. The Kier molecular flexibility index (Phi) is 10.5. The van der Waals surface area contributed by atoms with E-state index >= 15 is 0 Å². The second-order valence-electron chi connectivity index (χ2n) is 9.43. The molecule has 0 aromatic rings. The zero-order chi connectivity index (χ0) is 18.9. The van der Waals surface area contributed by atoms with Crippen LogP contribution in [0.5, 0.6) is 0 Å². The zero-order valence-corrected chi connectivity index (χ0v) is 21.9. The van der Waals surface area contributed by atoms with Gasteiger partial charge in [-0.3, -0.25) is 0 Å². The van der Waals surface area contributed by atoms with Crippen molar-refractivity contribution in [3.63, 3.8) is 0 Å². The summed E-state index contributed by atoms with van der Waals surface area (Å²) >= 11 is -2.13. The van der Waals surface area contributed by atoms with Crippen molar-refractivity contribution in [2.24, 2.45) is 11.8 Å².